The average Bonchev–Trinajstić information content (AvgIpc) is 3.15. The van der Waals surface area contributed by atoms with Crippen LogP contribution in [0.15, 0.2) is 78.9 Å². The maximum absolute atomic E-state index is 12.2. The molecule has 0 bridgehead atoms. The van der Waals surface area contributed by atoms with E-state index in [4.69, 9.17) is 14.6 Å². The van der Waals surface area contributed by atoms with E-state index >= 15 is 0 Å². The third-order valence-electron chi connectivity index (χ3n) is 5.48. The highest BCUT2D eigenvalue weighted by atomic mass is 16.5. The monoisotopic (exact) mass is 443 g/mol. The molecule has 3 aromatic rings. The van der Waals surface area contributed by atoms with Gasteiger partial charge in [0.1, 0.15) is 12.4 Å². The fraction of sp³-hybridized carbons (Fsp3) is 0.185. The SMILES string of the molecule is O=C(O)COc1ccc(C=CCCNC(=O)OCC2c3ccccc3-c3ccccc32)cc1. The molecule has 1 aliphatic carbocycles. The fourth-order valence-electron chi connectivity index (χ4n) is 3.95. The highest BCUT2D eigenvalue weighted by Gasteiger charge is 2.28. The Morgan fingerprint density at radius 1 is 0.909 bits per heavy atom. The first-order valence-corrected chi connectivity index (χ1v) is 10.8. The van der Waals surface area contributed by atoms with Gasteiger partial charge in [-0.3, -0.25) is 0 Å². The largest absolute Gasteiger partial charge is 0.482 e. The maximum Gasteiger partial charge on any atom is 0.407 e. The third kappa shape index (κ3) is 5.60. The summed E-state index contributed by atoms with van der Waals surface area (Å²) in [4.78, 5) is 22.7. The van der Waals surface area contributed by atoms with Crippen molar-refractivity contribution in [2.75, 3.05) is 19.8 Å². The lowest BCUT2D eigenvalue weighted by Crippen LogP contribution is -2.26. The van der Waals surface area contributed by atoms with Crippen molar-refractivity contribution in [3.05, 3.63) is 95.6 Å². The highest BCUT2D eigenvalue weighted by molar-refractivity contribution is 5.79. The first kappa shape index (κ1) is 22.1. The van der Waals surface area contributed by atoms with Gasteiger partial charge in [0.05, 0.1) is 0 Å². The fourth-order valence-corrected chi connectivity index (χ4v) is 3.95. The van der Waals surface area contributed by atoms with Crippen molar-refractivity contribution in [1.82, 2.24) is 5.32 Å². The molecule has 4 rings (SSSR count). The van der Waals surface area contributed by atoms with Gasteiger partial charge in [-0.05, 0) is 46.4 Å². The molecule has 33 heavy (non-hydrogen) atoms. The number of amides is 1. The lowest BCUT2D eigenvalue weighted by Gasteiger charge is -2.14. The van der Waals surface area contributed by atoms with Crippen molar-refractivity contribution in [3.8, 4) is 16.9 Å². The van der Waals surface area contributed by atoms with E-state index in [9.17, 15) is 9.59 Å². The Bertz CT molecular complexity index is 1110. The molecular formula is C27H25NO5. The molecule has 3 aromatic carbocycles. The topological polar surface area (TPSA) is 84.9 Å². The Kier molecular flexibility index (Phi) is 7.05. The van der Waals surface area contributed by atoms with Gasteiger partial charge in [0.2, 0.25) is 0 Å². The predicted molar refractivity (Wildman–Crippen MR) is 126 cm³/mol. The standard InChI is InChI=1S/C27H25NO5/c29-26(30)18-32-20-14-12-19(13-15-20)7-5-6-16-28-27(31)33-17-25-23-10-3-1-8-21(23)22-9-2-4-11-24(22)25/h1-5,7-15,25H,6,16-18H2,(H,28,31)(H,29,30). The number of carbonyl (C=O) groups excluding carboxylic acids is 1. The van der Waals surface area contributed by atoms with Crippen LogP contribution in [-0.2, 0) is 9.53 Å². The minimum Gasteiger partial charge on any atom is -0.482 e. The van der Waals surface area contributed by atoms with E-state index in [2.05, 4.69) is 29.6 Å². The molecule has 0 saturated heterocycles. The van der Waals surface area contributed by atoms with Crippen molar-refractivity contribution in [2.45, 2.75) is 12.3 Å². The lowest BCUT2D eigenvalue weighted by atomic mass is 9.98. The number of aliphatic carboxylic acids is 1. The van der Waals surface area contributed by atoms with E-state index < -0.39 is 12.1 Å². The molecule has 0 atom stereocenters. The first-order chi connectivity index (χ1) is 16.1. The highest BCUT2D eigenvalue weighted by Crippen LogP contribution is 2.44. The summed E-state index contributed by atoms with van der Waals surface area (Å²) in [5.41, 5.74) is 5.74. The molecule has 0 saturated carbocycles. The van der Waals surface area contributed by atoms with Gasteiger partial charge >= 0.3 is 12.1 Å². The first-order valence-electron chi connectivity index (χ1n) is 10.8. The van der Waals surface area contributed by atoms with Crippen LogP contribution in [0.2, 0.25) is 0 Å². The number of carbonyl (C=O) groups is 2. The van der Waals surface area contributed by atoms with Crippen LogP contribution in [0.5, 0.6) is 5.75 Å². The molecule has 6 heteroatoms. The molecule has 2 N–H and O–H groups in total. The molecule has 0 unspecified atom stereocenters. The van der Waals surface area contributed by atoms with E-state index in [1.54, 1.807) is 12.1 Å². The molecular weight excluding hydrogens is 418 g/mol. The van der Waals surface area contributed by atoms with E-state index in [0.29, 0.717) is 25.3 Å². The summed E-state index contributed by atoms with van der Waals surface area (Å²) in [6.07, 6.45) is 4.11. The number of carboxylic acid groups (broad SMARTS) is 1. The summed E-state index contributed by atoms with van der Waals surface area (Å²) >= 11 is 0. The Labute approximate surface area is 192 Å². The second-order valence-corrected chi connectivity index (χ2v) is 7.69. The van der Waals surface area contributed by atoms with Gasteiger partial charge in [-0.2, -0.15) is 0 Å². The second kappa shape index (κ2) is 10.5. The summed E-state index contributed by atoms with van der Waals surface area (Å²) in [5.74, 6) is -0.458. The minimum atomic E-state index is -1.01. The molecule has 1 amide bonds. The Morgan fingerprint density at radius 2 is 1.55 bits per heavy atom. The number of ether oxygens (including phenoxy) is 2. The Morgan fingerprint density at radius 3 is 2.18 bits per heavy atom. The number of hydrogen-bond acceptors (Lipinski definition) is 4. The van der Waals surface area contributed by atoms with Crippen molar-refractivity contribution < 1.29 is 24.2 Å². The molecule has 0 fully saturated rings. The van der Waals surface area contributed by atoms with E-state index in [1.807, 2.05) is 48.6 Å². The second-order valence-electron chi connectivity index (χ2n) is 7.69. The molecule has 1 aliphatic rings. The minimum absolute atomic E-state index is 0.0468. The van der Waals surface area contributed by atoms with Crippen LogP contribution in [0, 0.1) is 0 Å². The van der Waals surface area contributed by atoms with Gasteiger partial charge < -0.3 is 19.9 Å². The number of alkyl carbamates (subject to hydrolysis) is 1. The smallest absolute Gasteiger partial charge is 0.407 e. The van der Waals surface area contributed by atoms with Crippen molar-refractivity contribution in [2.24, 2.45) is 0 Å². The number of fused-ring (bicyclic) bond motifs is 3. The van der Waals surface area contributed by atoms with Crippen LogP contribution in [0.3, 0.4) is 0 Å². The summed E-state index contributed by atoms with van der Waals surface area (Å²) in [7, 11) is 0. The normalized spacial score (nSPS) is 12.2. The van der Waals surface area contributed by atoms with Gasteiger partial charge in [0.15, 0.2) is 6.61 Å². The molecule has 0 radical (unpaired) electrons. The van der Waals surface area contributed by atoms with Crippen molar-refractivity contribution >= 4 is 18.1 Å². The number of benzene rings is 3. The molecule has 0 heterocycles. The molecule has 0 spiro atoms. The molecule has 6 nitrogen and oxygen atoms in total. The van der Waals surface area contributed by atoms with Crippen LogP contribution in [0.4, 0.5) is 4.79 Å². The lowest BCUT2D eigenvalue weighted by molar-refractivity contribution is -0.139. The molecule has 0 aromatic heterocycles. The number of hydrogen-bond donors (Lipinski definition) is 2. The van der Waals surface area contributed by atoms with E-state index in [1.165, 1.54) is 22.3 Å². The molecule has 0 aliphatic heterocycles. The van der Waals surface area contributed by atoms with Gasteiger partial charge in [-0.25, -0.2) is 9.59 Å². The Balaban J connectivity index is 1.21. The quantitative estimate of drug-likeness (QED) is 0.450. The summed E-state index contributed by atoms with van der Waals surface area (Å²) in [5, 5.41) is 11.4. The van der Waals surface area contributed by atoms with Crippen molar-refractivity contribution in [1.29, 1.82) is 0 Å². The predicted octanol–water partition coefficient (Wildman–Crippen LogP) is 5.09. The van der Waals surface area contributed by atoms with E-state index in [0.717, 1.165) is 5.56 Å². The van der Waals surface area contributed by atoms with Gasteiger partial charge in [0.25, 0.3) is 0 Å². The zero-order valence-electron chi connectivity index (χ0n) is 18.1. The van der Waals surface area contributed by atoms with Crippen LogP contribution in [-0.4, -0.2) is 36.9 Å². The van der Waals surface area contributed by atoms with Crippen LogP contribution in [0.1, 0.15) is 29.0 Å². The summed E-state index contributed by atoms with van der Waals surface area (Å²) in [6, 6.07) is 23.6. The van der Waals surface area contributed by atoms with Gasteiger partial charge in [0, 0.05) is 12.5 Å². The van der Waals surface area contributed by atoms with Crippen LogP contribution < -0.4 is 10.1 Å². The van der Waals surface area contributed by atoms with Gasteiger partial charge in [-0.15, -0.1) is 0 Å². The number of nitrogens with one attached hydrogen (secondary N) is 1. The third-order valence-corrected chi connectivity index (χ3v) is 5.48. The maximum atomic E-state index is 12.2. The number of carboxylic acids is 1. The summed E-state index contributed by atoms with van der Waals surface area (Å²) in [6.45, 7) is 0.399. The average molecular weight is 443 g/mol. The zero-order chi connectivity index (χ0) is 23.0. The summed E-state index contributed by atoms with van der Waals surface area (Å²) < 4.78 is 10.6. The molecule has 168 valence electrons. The zero-order valence-corrected chi connectivity index (χ0v) is 18.1. The van der Waals surface area contributed by atoms with Crippen LogP contribution >= 0.6 is 0 Å². The van der Waals surface area contributed by atoms with Gasteiger partial charge in [-0.1, -0.05) is 72.8 Å². The van der Waals surface area contributed by atoms with Crippen molar-refractivity contribution in [3.63, 3.8) is 0 Å². The number of rotatable bonds is 9. The van der Waals surface area contributed by atoms with Crippen LogP contribution in [0.25, 0.3) is 17.2 Å². The van der Waals surface area contributed by atoms with E-state index in [-0.39, 0.29) is 12.5 Å². The Hall–Kier alpha value is -4.06.